The summed E-state index contributed by atoms with van der Waals surface area (Å²) in [6, 6.07) is 6.53. The van der Waals surface area contributed by atoms with E-state index in [1.165, 1.54) is 25.3 Å². The fraction of sp³-hybridized carbons (Fsp3) is 0.286. The summed E-state index contributed by atoms with van der Waals surface area (Å²) in [5.41, 5.74) is 4.89. The number of methoxy groups -OCH3 is 1. The number of ether oxygens (including phenoxy) is 1. The van der Waals surface area contributed by atoms with Gasteiger partial charge in [-0.1, -0.05) is 30.3 Å². The summed E-state index contributed by atoms with van der Waals surface area (Å²) < 4.78 is 69.6. The summed E-state index contributed by atoms with van der Waals surface area (Å²) in [4.78, 5) is 0. The lowest BCUT2D eigenvalue weighted by atomic mass is 9.94. The number of rotatable bonds is 3. The van der Waals surface area contributed by atoms with Crippen molar-refractivity contribution < 1.29 is 26.7 Å². The molecule has 0 aromatic heterocycles. The number of hydrogen-bond donors (Lipinski definition) is 1. The number of benzene rings is 2. The van der Waals surface area contributed by atoms with E-state index in [4.69, 9.17) is 10.5 Å². The van der Waals surface area contributed by atoms with Gasteiger partial charge in [0.15, 0.2) is 0 Å². The molecule has 0 unspecified atom stereocenters. The van der Waals surface area contributed by atoms with Crippen LogP contribution in [0, 0.1) is 0 Å². The Bertz CT molecular complexity index is 659. The molecular formula is C14H13ClF5NO. The molecule has 0 heterocycles. The van der Waals surface area contributed by atoms with Gasteiger partial charge in [0.25, 0.3) is 0 Å². The van der Waals surface area contributed by atoms with Gasteiger partial charge in [-0.25, -0.2) is 0 Å². The van der Waals surface area contributed by atoms with Gasteiger partial charge >= 0.3 is 12.1 Å². The van der Waals surface area contributed by atoms with Gasteiger partial charge in [-0.3, -0.25) is 0 Å². The summed E-state index contributed by atoms with van der Waals surface area (Å²) in [6.45, 7) is 0. The Balaban J connectivity index is 0.00000242. The van der Waals surface area contributed by atoms with E-state index in [0.29, 0.717) is 5.39 Å². The molecule has 0 bridgehead atoms. The zero-order valence-electron chi connectivity index (χ0n) is 11.3. The number of nitrogens with two attached hydrogens (primary N) is 1. The van der Waals surface area contributed by atoms with Crippen LogP contribution >= 0.6 is 12.4 Å². The molecule has 0 saturated carbocycles. The lowest BCUT2D eigenvalue weighted by Crippen LogP contribution is -2.46. The second-order valence-corrected chi connectivity index (χ2v) is 4.50. The van der Waals surface area contributed by atoms with Crippen LogP contribution in [0.4, 0.5) is 22.0 Å². The maximum atomic E-state index is 13.5. The van der Waals surface area contributed by atoms with Crippen LogP contribution in [-0.4, -0.2) is 19.2 Å². The largest absolute Gasteiger partial charge is 0.496 e. The molecule has 1 atom stereocenters. The van der Waals surface area contributed by atoms with E-state index in [0.717, 1.165) is 0 Å². The average Bonchev–Trinajstić information content (AvgIpc) is 2.44. The topological polar surface area (TPSA) is 35.2 Å². The standard InChI is InChI=1S/C14H12F5NO.ClH/c1-21-10-7-6-8-4-2-3-5-9(8)11(10)12(20)13(15,16)14(17,18)19;/h2-7,12H,20H2,1H3;1H/t12-;/m0./s1. The number of alkyl halides is 5. The maximum Gasteiger partial charge on any atom is 0.455 e. The summed E-state index contributed by atoms with van der Waals surface area (Å²) in [5, 5.41) is 0.704. The molecule has 8 heteroatoms. The van der Waals surface area contributed by atoms with E-state index in [9.17, 15) is 22.0 Å². The molecule has 0 amide bonds. The Kier molecular flexibility index (Phi) is 5.25. The minimum Gasteiger partial charge on any atom is -0.496 e. The summed E-state index contributed by atoms with van der Waals surface area (Å²) >= 11 is 0. The predicted molar refractivity (Wildman–Crippen MR) is 75.7 cm³/mol. The summed E-state index contributed by atoms with van der Waals surface area (Å²) in [7, 11) is 1.19. The molecule has 0 saturated heterocycles. The number of fused-ring (bicyclic) bond motifs is 1. The lowest BCUT2D eigenvalue weighted by molar-refractivity contribution is -0.290. The van der Waals surface area contributed by atoms with Crippen molar-refractivity contribution in [2.75, 3.05) is 7.11 Å². The average molecular weight is 342 g/mol. The molecule has 0 radical (unpaired) electrons. The number of hydrogen-bond acceptors (Lipinski definition) is 2. The molecule has 0 aliphatic heterocycles. The third kappa shape index (κ3) is 2.96. The van der Waals surface area contributed by atoms with Gasteiger partial charge in [0, 0.05) is 5.56 Å². The first-order valence-electron chi connectivity index (χ1n) is 5.96. The van der Waals surface area contributed by atoms with Crippen molar-refractivity contribution in [2.24, 2.45) is 5.73 Å². The fourth-order valence-corrected chi connectivity index (χ4v) is 2.13. The zero-order valence-corrected chi connectivity index (χ0v) is 12.1. The monoisotopic (exact) mass is 341 g/mol. The second kappa shape index (κ2) is 6.26. The Labute approximate surface area is 129 Å². The van der Waals surface area contributed by atoms with Crippen LogP contribution in [0.5, 0.6) is 5.75 Å². The second-order valence-electron chi connectivity index (χ2n) is 4.50. The minimum atomic E-state index is -5.74. The van der Waals surface area contributed by atoms with Crippen LogP contribution < -0.4 is 10.5 Å². The van der Waals surface area contributed by atoms with Crippen molar-refractivity contribution in [3.63, 3.8) is 0 Å². The van der Waals surface area contributed by atoms with E-state index in [1.807, 2.05) is 0 Å². The first-order valence-corrected chi connectivity index (χ1v) is 5.96. The van der Waals surface area contributed by atoms with Crippen molar-refractivity contribution in [1.82, 2.24) is 0 Å². The highest BCUT2D eigenvalue weighted by Gasteiger charge is 2.62. The lowest BCUT2D eigenvalue weighted by Gasteiger charge is -2.27. The van der Waals surface area contributed by atoms with Crippen LogP contribution in [-0.2, 0) is 0 Å². The quantitative estimate of drug-likeness (QED) is 0.836. The van der Waals surface area contributed by atoms with Gasteiger partial charge in [-0.2, -0.15) is 22.0 Å². The highest BCUT2D eigenvalue weighted by atomic mass is 35.5. The minimum absolute atomic E-state index is 0. The highest BCUT2D eigenvalue weighted by molar-refractivity contribution is 5.88. The van der Waals surface area contributed by atoms with Gasteiger partial charge in [0.05, 0.1) is 7.11 Å². The number of halogens is 6. The van der Waals surface area contributed by atoms with Crippen LogP contribution in [0.3, 0.4) is 0 Å². The zero-order chi connectivity index (χ0) is 15.8. The van der Waals surface area contributed by atoms with Crippen molar-refractivity contribution in [3.05, 3.63) is 42.0 Å². The molecule has 2 rings (SSSR count). The van der Waals surface area contributed by atoms with E-state index in [1.54, 1.807) is 18.2 Å². The summed E-state index contributed by atoms with van der Waals surface area (Å²) in [6.07, 6.45) is -5.74. The van der Waals surface area contributed by atoms with Crippen LogP contribution in [0.2, 0.25) is 0 Å². The first-order chi connectivity index (χ1) is 9.70. The molecule has 2 aromatic carbocycles. The molecule has 0 spiro atoms. The van der Waals surface area contributed by atoms with Crippen molar-refractivity contribution in [2.45, 2.75) is 18.1 Å². The smallest absolute Gasteiger partial charge is 0.455 e. The molecule has 122 valence electrons. The van der Waals surface area contributed by atoms with Crippen molar-refractivity contribution >= 4 is 23.2 Å². The third-order valence-corrected chi connectivity index (χ3v) is 3.23. The fourth-order valence-electron chi connectivity index (χ4n) is 2.13. The van der Waals surface area contributed by atoms with Gasteiger partial charge in [0.1, 0.15) is 11.8 Å². The van der Waals surface area contributed by atoms with Crippen LogP contribution in [0.15, 0.2) is 36.4 Å². The first kappa shape index (κ1) is 18.4. The van der Waals surface area contributed by atoms with Gasteiger partial charge < -0.3 is 10.5 Å². The summed E-state index contributed by atoms with van der Waals surface area (Å²) in [5.74, 6) is -5.17. The van der Waals surface area contributed by atoms with E-state index in [-0.39, 0.29) is 29.1 Å². The predicted octanol–water partition coefficient (Wildman–Crippen LogP) is 4.47. The highest BCUT2D eigenvalue weighted by Crippen LogP contribution is 2.46. The van der Waals surface area contributed by atoms with Gasteiger partial charge in [-0.15, -0.1) is 12.4 Å². The normalized spacial score (nSPS) is 13.6. The van der Waals surface area contributed by atoms with Crippen LogP contribution in [0.25, 0.3) is 10.8 Å². The Morgan fingerprint density at radius 3 is 2.14 bits per heavy atom. The molecule has 0 aliphatic carbocycles. The molecular weight excluding hydrogens is 329 g/mol. The van der Waals surface area contributed by atoms with Crippen molar-refractivity contribution in [1.29, 1.82) is 0 Å². The van der Waals surface area contributed by atoms with E-state index >= 15 is 0 Å². The van der Waals surface area contributed by atoms with Gasteiger partial charge in [-0.05, 0) is 16.8 Å². The Hall–Kier alpha value is -1.60. The van der Waals surface area contributed by atoms with E-state index in [2.05, 4.69) is 0 Å². The molecule has 2 N–H and O–H groups in total. The van der Waals surface area contributed by atoms with Gasteiger partial charge in [0.2, 0.25) is 0 Å². The molecule has 22 heavy (non-hydrogen) atoms. The van der Waals surface area contributed by atoms with E-state index < -0.39 is 18.1 Å². The maximum absolute atomic E-state index is 13.5. The van der Waals surface area contributed by atoms with Crippen molar-refractivity contribution in [3.8, 4) is 5.75 Å². The molecule has 0 fully saturated rings. The Morgan fingerprint density at radius 2 is 1.59 bits per heavy atom. The molecule has 0 aliphatic rings. The molecule has 2 nitrogen and oxygen atoms in total. The Morgan fingerprint density at radius 1 is 1.00 bits per heavy atom. The molecule has 2 aromatic rings. The third-order valence-electron chi connectivity index (χ3n) is 3.23. The van der Waals surface area contributed by atoms with Crippen LogP contribution in [0.1, 0.15) is 11.6 Å². The SMILES string of the molecule is COc1ccc2ccccc2c1[C@H](N)C(F)(F)C(F)(F)F.Cl.